The average molecular weight is 1080 g/mol. The van der Waals surface area contributed by atoms with Gasteiger partial charge in [-0.2, -0.15) is 0 Å². The first-order valence-electron chi connectivity index (χ1n) is 27.4. The highest BCUT2D eigenvalue weighted by atomic mass is 32.1. The average Bonchev–Trinajstić information content (AvgIpc) is 4.24. The summed E-state index contributed by atoms with van der Waals surface area (Å²) in [5.74, 6) is -0.302. The third kappa shape index (κ3) is 10.5. The van der Waals surface area contributed by atoms with Crippen molar-refractivity contribution in [3.63, 3.8) is 0 Å². The van der Waals surface area contributed by atoms with Crippen molar-refractivity contribution in [1.82, 2.24) is 41.0 Å². The number of alkyl carbamates (subject to hydrolysis) is 2. The van der Waals surface area contributed by atoms with E-state index >= 15 is 8.78 Å². The second-order valence-corrected chi connectivity index (χ2v) is 23.5. The topological polar surface area (TPSA) is 177 Å². The molecule has 1 aliphatic carbocycles. The number of likely N-dealkylation sites (tertiary alicyclic amines) is 2. The Kier molecular flexibility index (Phi) is 14.5. The summed E-state index contributed by atoms with van der Waals surface area (Å²) in [7, 11) is 2.48. The molecule has 0 bridgehead atoms. The molecule has 0 spiro atoms. The van der Waals surface area contributed by atoms with Crippen LogP contribution in [0.5, 0.6) is 5.75 Å². The predicted octanol–water partition coefficient (Wildman–Crippen LogP) is 9.52. The van der Waals surface area contributed by atoms with Crippen LogP contribution in [0.3, 0.4) is 0 Å². The Bertz CT molecular complexity index is 3040. The van der Waals surface area contributed by atoms with Crippen molar-refractivity contribution in [2.24, 2.45) is 5.92 Å². The number of hydrogen-bond acceptors (Lipinski definition) is 12. The van der Waals surface area contributed by atoms with Crippen molar-refractivity contribution < 1.29 is 46.9 Å². The molecule has 4 aromatic rings. The van der Waals surface area contributed by atoms with Crippen LogP contribution in [0.25, 0.3) is 33.6 Å². The van der Waals surface area contributed by atoms with Gasteiger partial charge < -0.3 is 55.3 Å². The number of rotatable bonds is 12. The van der Waals surface area contributed by atoms with Crippen LogP contribution in [0.2, 0.25) is 0 Å². The van der Waals surface area contributed by atoms with Gasteiger partial charge in [-0.25, -0.2) is 18.4 Å². The molecule has 3 saturated heterocycles. The van der Waals surface area contributed by atoms with Crippen LogP contribution in [-0.4, -0.2) is 114 Å². The Morgan fingerprint density at radius 2 is 1.55 bits per heavy atom. The molecular weight excluding hydrogens is 1010 g/mol. The SMILES string of the molecule is COC(=O)N[C@H](C(=O)N1CCC[C@@H]1/C1=C\CCC/C=C(/c2ccc3c(c2)cc2n3C(c3ccc(C4CC4)s3)Oc3cc(C4=CN[C@H](C5CCCN5C(=O)[C@H](NC(=O)OC)C(C)(C)F)N4)cc(F)c3-2)N1)C1C[C@@H](C)O[C@@H](C)C1. The van der Waals surface area contributed by atoms with Gasteiger partial charge in [-0.1, -0.05) is 18.2 Å². The summed E-state index contributed by atoms with van der Waals surface area (Å²) in [5.41, 5.74) is 3.85. The Labute approximate surface area is 451 Å². The Morgan fingerprint density at radius 3 is 2.30 bits per heavy atom. The lowest BCUT2D eigenvalue weighted by molar-refractivity contribution is -0.138. The van der Waals surface area contributed by atoms with Gasteiger partial charge in [0.25, 0.3) is 0 Å². The molecule has 6 aliphatic heterocycles. The number of amides is 4. The van der Waals surface area contributed by atoms with Gasteiger partial charge in [0.05, 0.1) is 65.9 Å². The van der Waals surface area contributed by atoms with E-state index in [1.807, 2.05) is 30.9 Å². The quantitative estimate of drug-likeness (QED) is 0.0914. The largest absolute Gasteiger partial charge is 0.464 e. The molecule has 0 radical (unpaired) electrons. The van der Waals surface area contributed by atoms with E-state index in [1.54, 1.807) is 22.4 Å². The number of ether oxygens (including phenoxy) is 4. The second-order valence-electron chi connectivity index (χ2n) is 22.3. The van der Waals surface area contributed by atoms with Crippen LogP contribution in [-0.2, 0) is 23.8 Å². The van der Waals surface area contributed by atoms with E-state index < -0.39 is 60.1 Å². The zero-order valence-electron chi connectivity index (χ0n) is 44.6. The van der Waals surface area contributed by atoms with Crippen molar-refractivity contribution in [3.05, 3.63) is 99.3 Å². The fourth-order valence-electron chi connectivity index (χ4n) is 12.6. The van der Waals surface area contributed by atoms with Crippen molar-refractivity contribution in [3.8, 4) is 17.0 Å². The lowest BCUT2D eigenvalue weighted by Crippen LogP contribution is -2.60. The molecule has 11 rings (SSSR count). The van der Waals surface area contributed by atoms with Crippen LogP contribution in [0, 0.1) is 11.7 Å². The minimum absolute atomic E-state index is 0.0467. The summed E-state index contributed by atoms with van der Waals surface area (Å²) < 4.78 is 57.4. The van der Waals surface area contributed by atoms with E-state index in [1.165, 1.54) is 31.9 Å². The van der Waals surface area contributed by atoms with Crippen molar-refractivity contribution in [2.75, 3.05) is 27.3 Å². The summed E-state index contributed by atoms with van der Waals surface area (Å²) in [6.07, 6.45) is 12.7. The summed E-state index contributed by atoms with van der Waals surface area (Å²) in [6, 6.07) is 13.2. The van der Waals surface area contributed by atoms with E-state index in [9.17, 15) is 19.2 Å². The first-order chi connectivity index (χ1) is 37.1. The molecule has 77 heavy (non-hydrogen) atoms. The van der Waals surface area contributed by atoms with Crippen molar-refractivity contribution in [1.29, 1.82) is 0 Å². The molecular formula is C58H70F2N8O8S. The number of nitrogens with one attached hydrogen (secondary N) is 5. The minimum Gasteiger partial charge on any atom is -0.464 e. The zero-order chi connectivity index (χ0) is 53.9. The van der Waals surface area contributed by atoms with Gasteiger partial charge in [-0.05, 0) is 158 Å². The molecule has 5 N–H and O–H groups in total. The number of nitrogens with zero attached hydrogens (tertiary/aromatic N) is 3. The van der Waals surface area contributed by atoms with Crippen LogP contribution in [0.1, 0.15) is 131 Å². The number of aromatic nitrogens is 1. The lowest BCUT2D eigenvalue weighted by Gasteiger charge is -2.39. The molecule has 19 heteroatoms. The van der Waals surface area contributed by atoms with E-state index in [2.05, 4.69) is 73.6 Å². The fourth-order valence-corrected chi connectivity index (χ4v) is 13.8. The standard InChI is InChI=1S/C58H70F2N8O8S/c1-31-24-37(25-32(2)75-31)50(64-56(71)73-5)53(69)66-22-10-14-43(66)40-13-9-7-8-12-39(62-40)34-18-19-42-36(26-34)28-45-49-38(59)27-35(29-46(49)76-55(68(42)45)48-21-20-47(77-48)33-16-17-33)41-30-61-52(63-41)44-15-11-23-67(44)54(70)51(58(3,4)60)65-57(72)74-6/h12-13,18-21,26-33,37,43-44,50-52,55,61-63H,7-11,14-17,22-25H2,1-6H3,(H,64,71)(H,65,72)/b39-12-,40-13+/t31-,32+,37?,43-,44?,50+,51+,52+,55?/m1/s1. The first kappa shape index (κ1) is 52.5. The number of thiophene rings is 1. The number of carbonyl (C=O) groups excluding carboxylic acids is 4. The number of carbonyl (C=O) groups is 4. The van der Waals surface area contributed by atoms with Gasteiger partial charge in [0, 0.05) is 46.5 Å². The molecule has 9 atom stereocenters. The van der Waals surface area contributed by atoms with Crippen molar-refractivity contribution in [2.45, 2.75) is 159 Å². The normalized spacial score (nSPS) is 27.3. The number of halogens is 2. The number of allylic oxidation sites excluding steroid dienone is 2. The van der Waals surface area contributed by atoms with E-state index in [-0.39, 0.29) is 30.1 Å². The van der Waals surface area contributed by atoms with Crippen LogP contribution < -0.4 is 31.3 Å². The molecule has 16 nitrogen and oxygen atoms in total. The van der Waals surface area contributed by atoms with Crippen molar-refractivity contribution >= 4 is 57.6 Å². The fraction of sp³-hybridized carbons (Fsp3) is 0.517. The van der Waals surface area contributed by atoms with E-state index in [0.717, 1.165) is 84.8 Å². The maximum absolute atomic E-state index is 17.2. The van der Waals surface area contributed by atoms with Crippen LogP contribution in [0.4, 0.5) is 18.4 Å². The molecule has 8 heterocycles. The highest BCUT2D eigenvalue weighted by molar-refractivity contribution is 7.12. The zero-order valence-corrected chi connectivity index (χ0v) is 45.4. The molecule has 2 aromatic carbocycles. The highest BCUT2D eigenvalue weighted by Gasteiger charge is 2.46. The number of hydrogen-bond donors (Lipinski definition) is 5. The van der Waals surface area contributed by atoms with Gasteiger partial charge in [0.15, 0.2) is 0 Å². The van der Waals surface area contributed by atoms with Gasteiger partial charge in [0.1, 0.15) is 35.5 Å². The van der Waals surface area contributed by atoms with Gasteiger partial charge in [0.2, 0.25) is 18.0 Å². The smallest absolute Gasteiger partial charge is 0.407 e. The molecule has 2 aromatic heterocycles. The Balaban J connectivity index is 0.875. The third-order valence-electron chi connectivity index (χ3n) is 16.4. The molecule has 4 fully saturated rings. The highest BCUT2D eigenvalue weighted by Crippen LogP contribution is 2.50. The van der Waals surface area contributed by atoms with Gasteiger partial charge >= 0.3 is 12.2 Å². The van der Waals surface area contributed by atoms with Crippen LogP contribution in [0.15, 0.2) is 72.6 Å². The number of methoxy groups -OCH3 is 2. The summed E-state index contributed by atoms with van der Waals surface area (Å²) in [6.45, 7) is 7.46. The maximum Gasteiger partial charge on any atom is 0.407 e. The van der Waals surface area contributed by atoms with Gasteiger partial charge in [-0.3, -0.25) is 14.2 Å². The molecule has 3 unspecified atom stereocenters. The second kappa shape index (κ2) is 21.3. The number of fused-ring (bicyclic) bond motifs is 5. The Hall–Kier alpha value is -6.60. The maximum atomic E-state index is 17.2. The lowest BCUT2D eigenvalue weighted by atomic mass is 9.85. The molecule has 1 saturated carbocycles. The summed E-state index contributed by atoms with van der Waals surface area (Å²) in [4.78, 5) is 59.4. The number of alkyl halides is 1. The predicted molar refractivity (Wildman–Crippen MR) is 290 cm³/mol. The van der Waals surface area contributed by atoms with E-state index in [4.69, 9.17) is 18.9 Å². The summed E-state index contributed by atoms with van der Waals surface area (Å²) >= 11 is 1.73. The third-order valence-corrected chi connectivity index (χ3v) is 17.7. The number of benzene rings is 2. The molecule has 410 valence electrons. The Morgan fingerprint density at radius 1 is 0.818 bits per heavy atom. The monoisotopic (exact) mass is 1080 g/mol. The van der Waals surface area contributed by atoms with E-state index in [0.29, 0.717) is 73.0 Å². The van der Waals surface area contributed by atoms with Gasteiger partial charge in [-0.15, -0.1) is 11.3 Å². The van der Waals surface area contributed by atoms with Crippen LogP contribution >= 0.6 is 11.3 Å². The molecule has 4 amide bonds. The molecule has 7 aliphatic rings. The minimum atomic E-state index is -2.07. The summed E-state index contributed by atoms with van der Waals surface area (Å²) in [5, 5.41) is 16.8. The first-order valence-corrected chi connectivity index (χ1v) is 28.2.